The van der Waals surface area contributed by atoms with E-state index in [2.05, 4.69) is 24.3 Å². The molecule has 0 aliphatic carbocycles. The number of aryl methyl sites for hydroxylation is 2. The lowest BCUT2D eigenvalue weighted by molar-refractivity contribution is 0.0542. The zero-order valence-corrected chi connectivity index (χ0v) is 18.0. The molecule has 0 saturated carbocycles. The van der Waals surface area contributed by atoms with Gasteiger partial charge in [-0.3, -0.25) is 4.79 Å². The molecule has 0 radical (unpaired) electrons. The van der Waals surface area contributed by atoms with Gasteiger partial charge in [0.05, 0.1) is 19.3 Å². The monoisotopic (exact) mass is 433 g/mol. The number of rotatable bonds is 3. The fourth-order valence-corrected chi connectivity index (χ4v) is 4.59. The van der Waals surface area contributed by atoms with Gasteiger partial charge in [-0.25, -0.2) is 18.3 Å². The molecule has 30 heavy (non-hydrogen) atoms. The number of ether oxygens (including phenoxy) is 1. The van der Waals surface area contributed by atoms with Crippen LogP contribution in [0.1, 0.15) is 39.6 Å². The molecule has 0 N–H and O–H groups in total. The number of carbonyl (C=O) groups is 1. The first-order valence-electron chi connectivity index (χ1n) is 9.47. The van der Waals surface area contributed by atoms with Crippen molar-refractivity contribution in [3.63, 3.8) is 0 Å². The summed E-state index contributed by atoms with van der Waals surface area (Å²) in [6, 6.07) is 4.52. The van der Waals surface area contributed by atoms with Crippen LogP contribution in [-0.2, 0) is 0 Å². The highest BCUT2D eigenvalue weighted by Crippen LogP contribution is 2.40. The highest BCUT2D eigenvalue weighted by molar-refractivity contribution is 7.18. The summed E-state index contributed by atoms with van der Waals surface area (Å²) in [4.78, 5) is 23.0. The Morgan fingerprint density at radius 1 is 1.33 bits per heavy atom. The summed E-state index contributed by atoms with van der Waals surface area (Å²) < 4.78 is 36.2. The zero-order chi connectivity index (χ0) is 21.6. The van der Waals surface area contributed by atoms with Crippen molar-refractivity contribution in [2.24, 2.45) is 0 Å². The van der Waals surface area contributed by atoms with E-state index in [4.69, 9.17) is 4.74 Å². The lowest BCUT2D eigenvalue weighted by Crippen LogP contribution is -2.48. The van der Waals surface area contributed by atoms with Crippen LogP contribution in [0, 0.1) is 19.7 Å². The van der Waals surface area contributed by atoms with Crippen molar-refractivity contribution in [2.45, 2.75) is 31.6 Å². The van der Waals surface area contributed by atoms with E-state index < -0.39 is 17.1 Å². The van der Waals surface area contributed by atoms with E-state index >= 15 is 4.39 Å². The first-order valence-corrected chi connectivity index (χ1v) is 10.0. The Balaban J connectivity index is 1.70. The Morgan fingerprint density at radius 3 is 2.80 bits per heavy atom. The Labute approximate surface area is 174 Å². The number of benzene rings is 1. The summed E-state index contributed by atoms with van der Waals surface area (Å²) in [5.74, 6) is -0.875. The third-order valence-corrected chi connectivity index (χ3v) is 5.69. The molecule has 1 aromatic carbocycles. The molecule has 2 unspecified atom stereocenters. The number of likely N-dealkylation sites (tertiary alicyclic amines) is 1. The normalized spacial score (nSPS) is 21.8. The molecule has 1 aliphatic rings. The molecular weight excluding hydrogens is 411 g/mol. The van der Waals surface area contributed by atoms with Gasteiger partial charge in [0, 0.05) is 23.7 Å². The largest absolute Gasteiger partial charge is 0.493 e. The molecular formula is C20H22F2N5O2P. The third-order valence-electron chi connectivity index (χ3n) is 5.27. The van der Waals surface area contributed by atoms with Crippen LogP contribution in [0.5, 0.6) is 5.75 Å². The minimum Gasteiger partial charge on any atom is -0.493 e. The summed E-state index contributed by atoms with van der Waals surface area (Å²) in [7, 11) is 3.58. The molecule has 1 aliphatic heterocycles. The predicted molar refractivity (Wildman–Crippen MR) is 110 cm³/mol. The summed E-state index contributed by atoms with van der Waals surface area (Å²) >= 11 is 0. The van der Waals surface area contributed by atoms with Gasteiger partial charge in [0.25, 0.3) is 11.7 Å². The van der Waals surface area contributed by atoms with Crippen LogP contribution in [0.4, 0.5) is 8.78 Å². The van der Waals surface area contributed by atoms with Crippen LogP contribution < -0.4 is 4.74 Å². The summed E-state index contributed by atoms with van der Waals surface area (Å²) in [5, 5.41) is 2.51. The second kappa shape index (κ2) is 7.54. The van der Waals surface area contributed by atoms with E-state index in [1.54, 1.807) is 17.5 Å². The van der Waals surface area contributed by atoms with Crippen molar-refractivity contribution in [3.05, 3.63) is 52.9 Å². The molecule has 1 saturated heterocycles. The lowest BCUT2D eigenvalue weighted by Gasteiger charge is -2.40. The van der Waals surface area contributed by atoms with Crippen LogP contribution in [0.2, 0.25) is 0 Å². The van der Waals surface area contributed by atoms with Crippen LogP contribution in [0.3, 0.4) is 0 Å². The van der Waals surface area contributed by atoms with Crippen LogP contribution in [-0.4, -0.2) is 56.0 Å². The molecule has 4 rings (SSSR count). The first kappa shape index (κ1) is 20.6. The molecule has 3 heterocycles. The number of alkyl halides is 1. The molecule has 3 aromatic rings. The van der Waals surface area contributed by atoms with Crippen LogP contribution in [0.15, 0.2) is 24.5 Å². The smallest absolute Gasteiger partial charge is 0.254 e. The number of hydrogen-bond donors (Lipinski definition) is 0. The number of amides is 1. The van der Waals surface area contributed by atoms with Gasteiger partial charge in [0.15, 0.2) is 11.6 Å². The van der Waals surface area contributed by atoms with E-state index in [9.17, 15) is 9.18 Å². The number of nitrogens with zero attached hydrogens (tertiary/aromatic N) is 5. The van der Waals surface area contributed by atoms with Crippen molar-refractivity contribution in [3.8, 4) is 5.75 Å². The van der Waals surface area contributed by atoms with Gasteiger partial charge in [0.1, 0.15) is 11.7 Å². The topological polar surface area (TPSA) is 72.6 Å². The number of aromatic nitrogens is 4. The molecule has 1 amide bonds. The molecule has 158 valence electrons. The predicted octanol–water partition coefficient (Wildman–Crippen LogP) is 3.06. The van der Waals surface area contributed by atoms with Crippen molar-refractivity contribution in [1.82, 2.24) is 24.5 Å². The van der Waals surface area contributed by atoms with Gasteiger partial charge in [-0.15, -0.1) is 0 Å². The Hall–Kier alpha value is -2.67. The maximum absolute atomic E-state index is 15.3. The Morgan fingerprint density at radius 2 is 2.10 bits per heavy atom. The average Bonchev–Trinajstić information content (AvgIpc) is 3.13. The molecule has 2 aromatic heterocycles. The third kappa shape index (κ3) is 3.74. The van der Waals surface area contributed by atoms with Gasteiger partial charge in [-0.05, 0) is 44.0 Å². The molecule has 10 heteroatoms. The fourth-order valence-electron chi connectivity index (χ4n) is 4.08. The average molecular weight is 433 g/mol. The van der Waals surface area contributed by atoms with Crippen LogP contribution in [0.25, 0.3) is 5.78 Å². The standard InChI is InChI=1S/C20H22F2N5O2P/c1-11-4-13(6-15(21)17(11)29-3)18(28)26-8-14(7-20(22,30)9-26)16-5-12(2)25-19-23-10-24-27(16)19/h4-6,10,14H,7-9,30H2,1-3H3/t14-,20?/m0/s1. The molecule has 0 bridgehead atoms. The number of carbonyl (C=O) groups excluding carboxylic acids is 1. The molecule has 0 spiro atoms. The van der Waals surface area contributed by atoms with E-state index in [1.165, 1.54) is 18.3 Å². The SMILES string of the molecule is COc1c(C)cc(C(=O)N2C[C@@H](c3cc(C)nc4ncnn34)CC(F)(P)C2)cc1F. The molecule has 7 nitrogen and oxygen atoms in total. The highest BCUT2D eigenvalue weighted by Gasteiger charge is 2.40. The van der Waals surface area contributed by atoms with E-state index in [0.717, 1.165) is 17.5 Å². The van der Waals surface area contributed by atoms with Gasteiger partial charge in [-0.2, -0.15) is 10.1 Å². The quantitative estimate of drug-likeness (QED) is 0.594. The van der Waals surface area contributed by atoms with Gasteiger partial charge in [-0.1, -0.05) is 9.24 Å². The maximum Gasteiger partial charge on any atom is 0.254 e. The number of halogens is 2. The Kier molecular flexibility index (Phi) is 5.18. The lowest BCUT2D eigenvalue weighted by atomic mass is 9.92. The number of piperidine rings is 1. The summed E-state index contributed by atoms with van der Waals surface area (Å²) in [5.41, 5.74) is 2.12. The second-order valence-corrected chi connectivity index (χ2v) is 8.76. The van der Waals surface area contributed by atoms with Gasteiger partial charge < -0.3 is 9.64 Å². The summed E-state index contributed by atoms with van der Waals surface area (Å²) in [6.07, 6.45) is 1.58. The number of methoxy groups -OCH3 is 1. The Bertz CT molecular complexity index is 1110. The van der Waals surface area contributed by atoms with Crippen molar-refractivity contribution >= 4 is 20.9 Å². The second-order valence-electron chi connectivity index (χ2n) is 7.72. The maximum atomic E-state index is 15.3. The van der Waals surface area contributed by atoms with Crippen molar-refractivity contribution < 1.29 is 18.3 Å². The van der Waals surface area contributed by atoms with Gasteiger partial charge in [0.2, 0.25) is 0 Å². The molecule has 3 atom stereocenters. The molecule has 1 fully saturated rings. The van der Waals surface area contributed by atoms with Crippen molar-refractivity contribution in [2.75, 3.05) is 20.2 Å². The van der Waals surface area contributed by atoms with E-state index in [-0.39, 0.29) is 36.7 Å². The van der Waals surface area contributed by atoms with E-state index in [1.807, 2.05) is 13.0 Å². The number of fused-ring (bicyclic) bond motifs is 1. The first-order chi connectivity index (χ1) is 14.2. The summed E-state index contributed by atoms with van der Waals surface area (Å²) in [6.45, 7) is 3.65. The van der Waals surface area contributed by atoms with Crippen molar-refractivity contribution in [1.29, 1.82) is 0 Å². The zero-order valence-electron chi connectivity index (χ0n) is 16.9. The fraction of sp³-hybridized carbons (Fsp3) is 0.400. The van der Waals surface area contributed by atoms with Gasteiger partial charge >= 0.3 is 0 Å². The highest BCUT2D eigenvalue weighted by atomic mass is 31.0. The van der Waals surface area contributed by atoms with Crippen LogP contribution >= 0.6 is 9.24 Å². The number of hydrogen-bond acceptors (Lipinski definition) is 5. The minimum atomic E-state index is -1.69. The van der Waals surface area contributed by atoms with E-state index in [0.29, 0.717) is 11.3 Å². The minimum absolute atomic E-state index is 0.0924.